The molecule has 264 valence electrons. The molecule has 0 atom stereocenters. The van der Waals surface area contributed by atoms with E-state index in [4.69, 9.17) is 4.42 Å². The highest BCUT2D eigenvalue weighted by Crippen LogP contribution is 2.41. The summed E-state index contributed by atoms with van der Waals surface area (Å²) in [6.45, 7) is 0. The standard InChI is InChI=1S/C54H37NO/c1-3-12-38(13-4-1)43-19-11-20-44(34-43)40-22-28-48(29-23-40)55(50-32-26-39-14-7-8-17-45(39)35-50)49-30-24-41(25-31-49)46-27-33-51(42-15-5-2-6-16-42)52(36-46)54-37-47-18-9-10-21-53(47)56-54/h1-37H. The molecule has 2 heteroatoms. The first-order valence-electron chi connectivity index (χ1n) is 19.1. The summed E-state index contributed by atoms with van der Waals surface area (Å²) in [7, 11) is 0. The number of furan rings is 1. The predicted octanol–water partition coefficient (Wildman–Crippen LogP) is 15.4. The third-order valence-electron chi connectivity index (χ3n) is 10.7. The molecule has 10 rings (SSSR count). The van der Waals surface area contributed by atoms with E-state index in [2.05, 4.69) is 217 Å². The van der Waals surface area contributed by atoms with Crippen LogP contribution in [-0.4, -0.2) is 0 Å². The van der Waals surface area contributed by atoms with Gasteiger partial charge in [0, 0.05) is 28.0 Å². The molecule has 0 saturated carbocycles. The van der Waals surface area contributed by atoms with Gasteiger partial charge in [0.05, 0.1) is 0 Å². The molecule has 0 aliphatic rings. The number of para-hydroxylation sites is 1. The Kier molecular flexibility index (Phi) is 8.55. The highest BCUT2D eigenvalue weighted by molar-refractivity contribution is 5.92. The van der Waals surface area contributed by atoms with E-state index in [1.165, 1.54) is 33.0 Å². The van der Waals surface area contributed by atoms with Crippen LogP contribution >= 0.6 is 0 Å². The molecule has 0 aliphatic carbocycles. The maximum absolute atomic E-state index is 6.44. The molecule has 0 saturated heterocycles. The van der Waals surface area contributed by atoms with Crippen LogP contribution in [0.5, 0.6) is 0 Å². The number of benzene rings is 9. The minimum Gasteiger partial charge on any atom is -0.456 e. The quantitative estimate of drug-likeness (QED) is 0.156. The second-order valence-electron chi connectivity index (χ2n) is 14.2. The van der Waals surface area contributed by atoms with E-state index < -0.39 is 0 Å². The van der Waals surface area contributed by atoms with Gasteiger partial charge in [-0.2, -0.15) is 0 Å². The third kappa shape index (κ3) is 6.44. The van der Waals surface area contributed by atoms with Gasteiger partial charge in [-0.05, 0) is 116 Å². The number of anilines is 3. The molecule has 10 aromatic rings. The maximum atomic E-state index is 6.44. The Balaban J connectivity index is 1.03. The van der Waals surface area contributed by atoms with Crippen molar-refractivity contribution in [2.75, 3.05) is 4.90 Å². The van der Waals surface area contributed by atoms with Crippen LogP contribution in [0.1, 0.15) is 0 Å². The summed E-state index contributed by atoms with van der Waals surface area (Å²) in [6.07, 6.45) is 0. The lowest BCUT2D eigenvalue weighted by atomic mass is 9.93. The van der Waals surface area contributed by atoms with Crippen molar-refractivity contribution in [3.05, 3.63) is 224 Å². The van der Waals surface area contributed by atoms with Gasteiger partial charge in [0.1, 0.15) is 11.3 Å². The fourth-order valence-electron chi connectivity index (χ4n) is 7.79. The lowest BCUT2D eigenvalue weighted by molar-refractivity contribution is 0.632. The van der Waals surface area contributed by atoms with Gasteiger partial charge >= 0.3 is 0 Å². The molecule has 0 amide bonds. The lowest BCUT2D eigenvalue weighted by Gasteiger charge is -2.26. The Morgan fingerprint density at radius 3 is 1.43 bits per heavy atom. The van der Waals surface area contributed by atoms with Crippen molar-refractivity contribution in [2.45, 2.75) is 0 Å². The molecular formula is C54H37NO. The molecular weight excluding hydrogens is 679 g/mol. The van der Waals surface area contributed by atoms with Crippen LogP contribution in [0, 0.1) is 0 Å². The van der Waals surface area contributed by atoms with Gasteiger partial charge in [-0.25, -0.2) is 0 Å². The Labute approximate surface area is 327 Å². The van der Waals surface area contributed by atoms with Crippen LogP contribution in [0.15, 0.2) is 229 Å². The van der Waals surface area contributed by atoms with Gasteiger partial charge in [0.2, 0.25) is 0 Å². The molecule has 9 aromatic carbocycles. The summed E-state index contributed by atoms with van der Waals surface area (Å²) >= 11 is 0. The Hall–Kier alpha value is -7.42. The van der Waals surface area contributed by atoms with E-state index in [0.717, 1.165) is 61.6 Å². The van der Waals surface area contributed by atoms with Crippen molar-refractivity contribution in [3.63, 3.8) is 0 Å². The van der Waals surface area contributed by atoms with E-state index in [1.54, 1.807) is 0 Å². The lowest BCUT2D eigenvalue weighted by Crippen LogP contribution is -2.09. The van der Waals surface area contributed by atoms with E-state index in [1.807, 2.05) is 12.1 Å². The summed E-state index contributed by atoms with van der Waals surface area (Å²) in [5.41, 5.74) is 14.6. The topological polar surface area (TPSA) is 16.4 Å². The summed E-state index contributed by atoms with van der Waals surface area (Å²) in [6, 6.07) is 80.0. The molecule has 1 heterocycles. The first kappa shape index (κ1) is 33.2. The van der Waals surface area contributed by atoms with Crippen molar-refractivity contribution >= 4 is 38.8 Å². The second-order valence-corrected chi connectivity index (χ2v) is 14.2. The van der Waals surface area contributed by atoms with Gasteiger partial charge in [-0.15, -0.1) is 0 Å². The predicted molar refractivity (Wildman–Crippen MR) is 236 cm³/mol. The number of hydrogen-bond acceptors (Lipinski definition) is 2. The molecule has 0 N–H and O–H groups in total. The van der Waals surface area contributed by atoms with Crippen LogP contribution in [-0.2, 0) is 0 Å². The number of rotatable bonds is 8. The molecule has 1 aromatic heterocycles. The first-order chi connectivity index (χ1) is 27.7. The molecule has 56 heavy (non-hydrogen) atoms. The molecule has 0 fully saturated rings. The molecule has 0 radical (unpaired) electrons. The molecule has 0 spiro atoms. The highest BCUT2D eigenvalue weighted by atomic mass is 16.3. The summed E-state index contributed by atoms with van der Waals surface area (Å²) in [4.78, 5) is 2.35. The molecule has 2 nitrogen and oxygen atoms in total. The largest absolute Gasteiger partial charge is 0.456 e. The van der Waals surface area contributed by atoms with Crippen molar-refractivity contribution in [1.82, 2.24) is 0 Å². The average Bonchev–Trinajstić information content (AvgIpc) is 3.72. The molecule has 0 bridgehead atoms. The average molecular weight is 716 g/mol. The van der Waals surface area contributed by atoms with E-state index in [9.17, 15) is 0 Å². The van der Waals surface area contributed by atoms with E-state index in [-0.39, 0.29) is 0 Å². The smallest absolute Gasteiger partial charge is 0.136 e. The zero-order valence-electron chi connectivity index (χ0n) is 30.7. The van der Waals surface area contributed by atoms with Gasteiger partial charge in [0.15, 0.2) is 0 Å². The van der Waals surface area contributed by atoms with Crippen molar-refractivity contribution in [2.24, 2.45) is 0 Å². The van der Waals surface area contributed by atoms with Crippen molar-refractivity contribution in [1.29, 1.82) is 0 Å². The number of hydrogen-bond donors (Lipinski definition) is 0. The van der Waals surface area contributed by atoms with Crippen molar-refractivity contribution in [3.8, 4) is 55.8 Å². The normalized spacial score (nSPS) is 11.2. The fourth-order valence-corrected chi connectivity index (χ4v) is 7.79. The van der Waals surface area contributed by atoms with Gasteiger partial charge in [-0.1, -0.05) is 164 Å². The fraction of sp³-hybridized carbons (Fsp3) is 0. The zero-order chi connectivity index (χ0) is 37.3. The summed E-state index contributed by atoms with van der Waals surface area (Å²) < 4.78 is 6.44. The highest BCUT2D eigenvalue weighted by Gasteiger charge is 2.17. The van der Waals surface area contributed by atoms with Crippen molar-refractivity contribution < 1.29 is 4.42 Å². The SMILES string of the molecule is c1ccc(-c2cccc(-c3ccc(N(c4ccc(-c5ccc(-c6ccccc6)c(-c6cc7ccccc7o6)c5)cc4)c4ccc5ccccc5c4)cc3)c2)cc1. The van der Waals surface area contributed by atoms with Crippen LogP contribution < -0.4 is 4.90 Å². The van der Waals surface area contributed by atoms with Gasteiger partial charge in [0.25, 0.3) is 0 Å². The van der Waals surface area contributed by atoms with Gasteiger partial charge in [-0.3, -0.25) is 0 Å². The number of fused-ring (bicyclic) bond motifs is 2. The van der Waals surface area contributed by atoms with Crippen LogP contribution in [0.25, 0.3) is 77.6 Å². The van der Waals surface area contributed by atoms with Crippen LogP contribution in [0.2, 0.25) is 0 Å². The summed E-state index contributed by atoms with van der Waals surface area (Å²) in [5, 5.41) is 3.52. The van der Waals surface area contributed by atoms with Crippen LogP contribution in [0.3, 0.4) is 0 Å². The monoisotopic (exact) mass is 715 g/mol. The minimum atomic E-state index is 0.862. The minimum absolute atomic E-state index is 0.862. The maximum Gasteiger partial charge on any atom is 0.136 e. The Bertz CT molecular complexity index is 2910. The molecule has 0 aliphatic heterocycles. The third-order valence-corrected chi connectivity index (χ3v) is 10.7. The van der Waals surface area contributed by atoms with E-state index in [0.29, 0.717) is 0 Å². The Morgan fingerprint density at radius 2 is 0.768 bits per heavy atom. The zero-order valence-corrected chi connectivity index (χ0v) is 30.7. The van der Waals surface area contributed by atoms with Gasteiger partial charge < -0.3 is 9.32 Å². The van der Waals surface area contributed by atoms with Crippen LogP contribution in [0.4, 0.5) is 17.1 Å². The second kappa shape index (κ2) is 14.4. The molecule has 0 unspecified atom stereocenters. The van der Waals surface area contributed by atoms with E-state index >= 15 is 0 Å². The number of nitrogens with zero attached hydrogens (tertiary/aromatic N) is 1. The first-order valence-corrected chi connectivity index (χ1v) is 19.1. The Morgan fingerprint density at radius 1 is 0.268 bits per heavy atom. The summed E-state index contributed by atoms with van der Waals surface area (Å²) in [5.74, 6) is 0.862.